The summed E-state index contributed by atoms with van der Waals surface area (Å²) >= 11 is 0. The summed E-state index contributed by atoms with van der Waals surface area (Å²) in [6, 6.07) is 1.79. The van der Waals surface area contributed by atoms with Gasteiger partial charge in [0.25, 0.3) is 0 Å². The number of piperidine rings is 1. The summed E-state index contributed by atoms with van der Waals surface area (Å²) in [6.07, 6.45) is 7.14. The Kier molecular flexibility index (Phi) is 3.69. The van der Waals surface area contributed by atoms with E-state index in [1.807, 2.05) is 0 Å². The molecule has 3 heteroatoms. The standard InChI is InChI=1S/C14H27N3/c1-16-8-6-14(11-16)17(13-4-5-13)10-12-3-2-7-15-9-12/h12-15H,2-11H2,1H3. The summed E-state index contributed by atoms with van der Waals surface area (Å²) in [4.78, 5) is 5.36. The lowest BCUT2D eigenvalue weighted by atomic mass is 9.98. The van der Waals surface area contributed by atoms with Crippen molar-refractivity contribution >= 4 is 0 Å². The highest BCUT2D eigenvalue weighted by molar-refractivity contribution is 4.93. The third kappa shape index (κ3) is 3.01. The van der Waals surface area contributed by atoms with Crippen LogP contribution in [0.2, 0.25) is 0 Å². The molecule has 0 spiro atoms. The van der Waals surface area contributed by atoms with Gasteiger partial charge < -0.3 is 10.2 Å². The second-order valence-corrected chi connectivity index (χ2v) is 6.35. The molecule has 3 nitrogen and oxygen atoms in total. The molecule has 2 aliphatic heterocycles. The Hall–Kier alpha value is -0.120. The summed E-state index contributed by atoms with van der Waals surface area (Å²) in [6.45, 7) is 6.46. The van der Waals surface area contributed by atoms with Crippen LogP contribution in [0.15, 0.2) is 0 Å². The molecule has 98 valence electrons. The minimum absolute atomic E-state index is 0.856. The second kappa shape index (κ2) is 5.25. The van der Waals surface area contributed by atoms with E-state index in [4.69, 9.17) is 0 Å². The normalized spacial score (nSPS) is 35.6. The molecule has 17 heavy (non-hydrogen) atoms. The van der Waals surface area contributed by atoms with Crippen LogP contribution in [0.5, 0.6) is 0 Å². The van der Waals surface area contributed by atoms with E-state index < -0.39 is 0 Å². The fourth-order valence-corrected chi connectivity index (χ4v) is 3.56. The molecule has 0 aromatic carbocycles. The third-order valence-electron chi connectivity index (χ3n) is 4.72. The first-order chi connectivity index (χ1) is 8.33. The highest BCUT2D eigenvalue weighted by Crippen LogP contribution is 2.32. The van der Waals surface area contributed by atoms with Crippen molar-refractivity contribution in [3.8, 4) is 0 Å². The predicted octanol–water partition coefficient (Wildman–Crippen LogP) is 1.15. The van der Waals surface area contributed by atoms with Crippen molar-refractivity contribution in [3.63, 3.8) is 0 Å². The van der Waals surface area contributed by atoms with E-state index in [2.05, 4.69) is 22.2 Å². The van der Waals surface area contributed by atoms with Gasteiger partial charge in [0.1, 0.15) is 0 Å². The van der Waals surface area contributed by atoms with Gasteiger partial charge >= 0.3 is 0 Å². The number of likely N-dealkylation sites (N-methyl/N-ethyl adjacent to an activating group) is 1. The summed E-state index contributed by atoms with van der Waals surface area (Å²) in [5, 5.41) is 3.56. The lowest BCUT2D eigenvalue weighted by Crippen LogP contribution is -2.45. The van der Waals surface area contributed by atoms with E-state index >= 15 is 0 Å². The van der Waals surface area contributed by atoms with Crippen molar-refractivity contribution in [2.75, 3.05) is 39.8 Å². The van der Waals surface area contributed by atoms with Crippen LogP contribution >= 0.6 is 0 Å². The minimum atomic E-state index is 0.856. The number of hydrogen-bond acceptors (Lipinski definition) is 3. The molecule has 0 radical (unpaired) electrons. The van der Waals surface area contributed by atoms with Crippen LogP contribution in [0.1, 0.15) is 32.1 Å². The molecule has 1 N–H and O–H groups in total. The molecule has 1 aliphatic carbocycles. The van der Waals surface area contributed by atoms with E-state index in [0.717, 1.165) is 18.0 Å². The fraction of sp³-hybridized carbons (Fsp3) is 1.00. The van der Waals surface area contributed by atoms with Crippen LogP contribution in [0.3, 0.4) is 0 Å². The summed E-state index contributed by atoms with van der Waals surface area (Å²) < 4.78 is 0. The van der Waals surface area contributed by atoms with Gasteiger partial charge in [0.05, 0.1) is 0 Å². The van der Waals surface area contributed by atoms with Crippen LogP contribution in [0.25, 0.3) is 0 Å². The largest absolute Gasteiger partial charge is 0.316 e. The molecule has 2 unspecified atom stereocenters. The lowest BCUT2D eigenvalue weighted by molar-refractivity contribution is 0.147. The molecule has 1 saturated carbocycles. The van der Waals surface area contributed by atoms with Crippen molar-refractivity contribution < 1.29 is 0 Å². The maximum Gasteiger partial charge on any atom is 0.0238 e. The Morgan fingerprint density at radius 3 is 2.65 bits per heavy atom. The quantitative estimate of drug-likeness (QED) is 0.791. The highest BCUT2D eigenvalue weighted by atomic mass is 15.3. The van der Waals surface area contributed by atoms with Gasteiger partial charge in [-0.25, -0.2) is 0 Å². The van der Waals surface area contributed by atoms with Crippen molar-refractivity contribution in [2.45, 2.75) is 44.2 Å². The van der Waals surface area contributed by atoms with Gasteiger partial charge in [-0.2, -0.15) is 0 Å². The smallest absolute Gasteiger partial charge is 0.0238 e. The van der Waals surface area contributed by atoms with Gasteiger partial charge in [0, 0.05) is 25.2 Å². The van der Waals surface area contributed by atoms with Gasteiger partial charge in [-0.1, -0.05) is 0 Å². The molecule has 0 bridgehead atoms. The van der Waals surface area contributed by atoms with E-state index in [-0.39, 0.29) is 0 Å². The number of rotatable bonds is 4. The van der Waals surface area contributed by atoms with Crippen molar-refractivity contribution in [1.82, 2.24) is 15.1 Å². The fourth-order valence-electron chi connectivity index (χ4n) is 3.56. The highest BCUT2D eigenvalue weighted by Gasteiger charge is 2.37. The lowest BCUT2D eigenvalue weighted by Gasteiger charge is -2.34. The summed E-state index contributed by atoms with van der Waals surface area (Å²) in [5.41, 5.74) is 0. The summed E-state index contributed by atoms with van der Waals surface area (Å²) in [5.74, 6) is 0.912. The number of nitrogens with one attached hydrogen (secondary N) is 1. The molecule has 3 fully saturated rings. The molecule has 2 saturated heterocycles. The zero-order chi connectivity index (χ0) is 11.7. The van der Waals surface area contributed by atoms with Crippen molar-refractivity contribution in [3.05, 3.63) is 0 Å². The average molecular weight is 237 g/mol. The SMILES string of the molecule is CN1CCC(N(CC2CCCNC2)C2CC2)C1. The number of likely N-dealkylation sites (tertiary alicyclic amines) is 1. The molecular formula is C14H27N3. The maximum absolute atomic E-state index is 3.56. The van der Waals surface area contributed by atoms with Gasteiger partial charge in [-0.05, 0) is 64.7 Å². The van der Waals surface area contributed by atoms with Gasteiger partial charge in [0.2, 0.25) is 0 Å². The Morgan fingerprint density at radius 2 is 2.06 bits per heavy atom. The third-order valence-corrected chi connectivity index (χ3v) is 4.72. The van der Waals surface area contributed by atoms with Crippen LogP contribution in [-0.4, -0.2) is 61.7 Å². The average Bonchev–Trinajstić information content (AvgIpc) is 3.10. The monoisotopic (exact) mass is 237 g/mol. The van der Waals surface area contributed by atoms with Crippen LogP contribution in [0, 0.1) is 5.92 Å². The van der Waals surface area contributed by atoms with E-state index in [1.54, 1.807) is 0 Å². The van der Waals surface area contributed by atoms with E-state index in [9.17, 15) is 0 Å². The Morgan fingerprint density at radius 1 is 1.18 bits per heavy atom. The molecule has 0 aromatic heterocycles. The van der Waals surface area contributed by atoms with Gasteiger partial charge in [0.15, 0.2) is 0 Å². The molecule has 3 rings (SSSR count). The Labute approximate surface area is 106 Å². The van der Waals surface area contributed by atoms with Crippen LogP contribution in [0.4, 0.5) is 0 Å². The Balaban J connectivity index is 1.56. The van der Waals surface area contributed by atoms with Crippen molar-refractivity contribution in [2.24, 2.45) is 5.92 Å². The number of nitrogens with zero attached hydrogens (tertiary/aromatic N) is 2. The molecule has 3 aliphatic rings. The summed E-state index contributed by atoms with van der Waals surface area (Å²) in [7, 11) is 2.27. The van der Waals surface area contributed by atoms with Crippen molar-refractivity contribution in [1.29, 1.82) is 0 Å². The first-order valence-electron chi connectivity index (χ1n) is 7.48. The van der Waals surface area contributed by atoms with Gasteiger partial charge in [-0.15, -0.1) is 0 Å². The minimum Gasteiger partial charge on any atom is -0.316 e. The molecule has 0 amide bonds. The van der Waals surface area contributed by atoms with E-state index in [1.165, 1.54) is 64.8 Å². The number of hydrogen-bond donors (Lipinski definition) is 1. The van der Waals surface area contributed by atoms with E-state index in [0.29, 0.717) is 0 Å². The predicted molar refractivity (Wildman–Crippen MR) is 71.2 cm³/mol. The molecule has 2 atom stereocenters. The molecule has 2 heterocycles. The molecular weight excluding hydrogens is 210 g/mol. The first kappa shape index (κ1) is 11.9. The Bertz CT molecular complexity index is 246. The molecule has 0 aromatic rings. The van der Waals surface area contributed by atoms with Crippen LogP contribution in [-0.2, 0) is 0 Å². The zero-order valence-corrected chi connectivity index (χ0v) is 11.2. The zero-order valence-electron chi connectivity index (χ0n) is 11.2. The maximum atomic E-state index is 3.56. The topological polar surface area (TPSA) is 18.5 Å². The van der Waals surface area contributed by atoms with Crippen LogP contribution < -0.4 is 5.32 Å². The van der Waals surface area contributed by atoms with Gasteiger partial charge in [-0.3, -0.25) is 4.90 Å². The second-order valence-electron chi connectivity index (χ2n) is 6.35. The first-order valence-corrected chi connectivity index (χ1v) is 7.48.